The van der Waals surface area contributed by atoms with Crippen molar-refractivity contribution in [3.63, 3.8) is 0 Å². The van der Waals surface area contributed by atoms with Gasteiger partial charge in [0, 0.05) is 19.1 Å². The van der Waals surface area contributed by atoms with Crippen LogP contribution in [0.2, 0.25) is 0 Å². The van der Waals surface area contributed by atoms with E-state index in [9.17, 15) is 23.4 Å². The van der Waals surface area contributed by atoms with Gasteiger partial charge in [-0.1, -0.05) is 44.2 Å². The van der Waals surface area contributed by atoms with Crippen molar-refractivity contribution in [3.05, 3.63) is 54.1 Å². The van der Waals surface area contributed by atoms with Gasteiger partial charge in [0.25, 0.3) is 0 Å². The lowest BCUT2D eigenvalue weighted by Gasteiger charge is -2.29. The first-order chi connectivity index (χ1) is 14.5. The molecule has 0 aliphatic heterocycles. The first kappa shape index (κ1) is 24.6. The number of nitrogens with two attached hydrogens (primary N) is 1. The molecule has 2 aromatic carbocycles. The fourth-order valence-electron chi connectivity index (χ4n) is 3.08. The number of anilines is 1. The van der Waals surface area contributed by atoms with Gasteiger partial charge in [-0.15, -0.1) is 0 Å². The fraction of sp³-hybridized carbons (Fsp3) is 0.381. The lowest BCUT2D eigenvalue weighted by Crippen LogP contribution is -2.47. The summed E-state index contributed by atoms with van der Waals surface area (Å²) in [5.41, 5.74) is 6.80. The predicted molar refractivity (Wildman–Crippen MR) is 117 cm³/mol. The number of aromatic hydroxyl groups is 1. The Labute approximate surface area is 182 Å². The highest BCUT2D eigenvalue weighted by Gasteiger charge is 2.30. The second-order valence-corrected chi connectivity index (χ2v) is 9.68. The number of aliphatic hydroxyl groups excluding tert-OH is 1. The number of rotatable bonds is 10. The minimum absolute atomic E-state index is 0.0407. The summed E-state index contributed by atoms with van der Waals surface area (Å²) >= 11 is 0. The summed E-state index contributed by atoms with van der Waals surface area (Å²) in [5, 5.41) is 31.3. The summed E-state index contributed by atoms with van der Waals surface area (Å²) < 4.78 is 27.6. The summed E-state index contributed by atoms with van der Waals surface area (Å²) in [6.07, 6.45) is -2.18. The maximum atomic E-state index is 13.3. The van der Waals surface area contributed by atoms with Crippen LogP contribution in [0, 0.1) is 5.92 Å². The normalized spacial score (nSPS) is 13.9. The molecule has 0 aromatic heterocycles. The molecule has 2 aromatic rings. The standard InChI is InChI=1S/C21H29N3O6S/c1-14(2)12-24(13-20(26)17(22)10-15-6-4-3-5-7-15)31(29,30)16-8-9-19(25)18(11-16)23-21(27)28/h3-9,11,14,17,20,23,25-26H,10,12-13,22H2,1-2H3,(H,27,28)/t17-,20+/m0/s1. The number of sulfonamides is 1. The molecule has 0 fully saturated rings. The highest BCUT2D eigenvalue weighted by atomic mass is 32.2. The van der Waals surface area contributed by atoms with Crippen molar-refractivity contribution in [2.24, 2.45) is 11.7 Å². The Morgan fingerprint density at radius 3 is 2.35 bits per heavy atom. The van der Waals surface area contributed by atoms with Crippen LogP contribution in [0.3, 0.4) is 0 Å². The van der Waals surface area contributed by atoms with Crippen LogP contribution in [0.15, 0.2) is 53.4 Å². The minimum Gasteiger partial charge on any atom is -0.506 e. The molecule has 1 amide bonds. The molecule has 0 spiro atoms. The molecule has 9 nitrogen and oxygen atoms in total. The SMILES string of the molecule is CC(C)CN(C[C@@H](O)[C@@H](N)Cc1ccccc1)S(=O)(=O)c1ccc(O)c(NC(=O)O)c1. The lowest BCUT2D eigenvalue weighted by atomic mass is 10.0. The summed E-state index contributed by atoms with van der Waals surface area (Å²) in [6, 6.07) is 12.0. The summed E-state index contributed by atoms with van der Waals surface area (Å²) in [7, 11) is -4.10. The van der Waals surface area contributed by atoms with Crippen LogP contribution >= 0.6 is 0 Å². The monoisotopic (exact) mass is 451 g/mol. The molecule has 0 radical (unpaired) electrons. The van der Waals surface area contributed by atoms with Gasteiger partial charge in [0.1, 0.15) is 5.75 Å². The number of phenolic OH excluding ortho intramolecular Hbond substituents is 1. The maximum absolute atomic E-state index is 13.3. The van der Waals surface area contributed by atoms with E-state index in [0.29, 0.717) is 6.42 Å². The quantitative estimate of drug-likeness (QED) is 0.347. The number of aliphatic hydroxyl groups is 1. The van der Waals surface area contributed by atoms with Crippen LogP contribution in [0.1, 0.15) is 19.4 Å². The molecule has 0 saturated heterocycles. The van der Waals surface area contributed by atoms with Crippen molar-refractivity contribution >= 4 is 21.8 Å². The number of nitrogens with zero attached hydrogens (tertiary/aromatic N) is 1. The Balaban J connectivity index is 2.26. The van der Waals surface area contributed by atoms with Crippen LogP contribution in [0.4, 0.5) is 10.5 Å². The van der Waals surface area contributed by atoms with E-state index >= 15 is 0 Å². The van der Waals surface area contributed by atoms with Gasteiger partial charge in [-0.2, -0.15) is 4.31 Å². The number of phenols is 1. The molecule has 0 unspecified atom stereocenters. The number of carbonyl (C=O) groups is 1. The van der Waals surface area contributed by atoms with Crippen LogP contribution in [-0.4, -0.2) is 59.4 Å². The van der Waals surface area contributed by atoms with Crippen LogP contribution < -0.4 is 11.1 Å². The zero-order chi connectivity index (χ0) is 23.2. The second-order valence-electron chi connectivity index (χ2n) is 7.75. The first-order valence-electron chi connectivity index (χ1n) is 9.81. The number of amides is 1. The number of nitrogens with one attached hydrogen (secondary N) is 1. The Bertz CT molecular complexity index is 982. The van der Waals surface area contributed by atoms with Crippen molar-refractivity contribution in [2.45, 2.75) is 37.3 Å². The molecule has 2 atom stereocenters. The van der Waals surface area contributed by atoms with Gasteiger partial charge in [-0.25, -0.2) is 13.2 Å². The maximum Gasteiger partial charge on any atom is 0.409 e. The van der Waals surface area contributed by atoms with E-state index in [4.69, 9.17) is 10.8 Å². The molecule has 0 heterocycles. The number of carboxylic acid groups (broad SMARTS) is 1. The zero-order valence-electron chi connectivity index (χ0n) is 17.5. The van der Waals surface area contributed by atoms with Crippen molar-refractivity contribution in [2.75, 3.05) is 18.4 Å². The second kappa shape index (κ2) is 10.6. The van der Waals surface area contributed by atoms with E-state index in [-0.39, 0.29) is 29.6 Å². The average Bonchev–Trinajstić information content (AvgIpc) is 2.69. The van der Waals surface area contributed by atoms with Gasteiger partial charge < -0.3 is 21.1 Å². The lowest BCUT2D eigenvalue weighted by molar-refractivity contribution is 0.116. The van der Waals surface area contributed by atoms with Crippen LogP contribution in [-0.2, 0) is 16.4 Å². The first-order valence-corrected chi connectivity index (χ1v) is 11.3. The summed E-state index contributed by atoms with van der Waals surface area (Å²) in [6.45, 7) is 3.58. The van der Waals surface area contributed by atoms with Gasteiger partial charge in [-0.05, 0) is 36.1 Å². The van der Waals surface area contributed by atoms with Crippen molar-refractivity contribution in [3.8, 4) is 5.75 Å². The van der Waals surface area contributed by atoms with Gasteiger partial charge in [0.2, 0.25) is 10.0 Å². The topological polar surface area (TPSA) is 153 Å². The Kier molecular flexibility index (Phi) is 8.40. The van der Waals surface area contributed by atoms with Gasteiger partial charge in [0.05, 0.1) is 16.7 Å². The Hall–Kier alpha value is -2.66. The molecule has 6 N–H and O–H groups in total. The molecular formula is C21H29N3O6S. The molecule has 31 heavy (non-hydrogen) atoms. The van der Waals surface area contributed by atoms with Gasteiger partial charge in [-0.3, -0.25) is 5.32 Å². The third-order valence-corrected chi connectivity index (χ3v) is 6.44. The van der Waals surface area contributed by atoms with Gasteiger partial charge in [0.15, 0.2) is 0 Å². The molecule has 0 aliphatic carbocycles. The Morgan fingerprint density at radius 1 is 1.13 bits per heavy atom. The van der Waals surface area contributed by atoms with Crippen molar-refractivity contribution in [1.29, 1.82) is 0 Å². The van der Waals surface area contributed by atoms with E-state index in [1.807, 2.05) is 49.5 Å². The van der Waals surface area contributed by atoms with E-state index in [1.54, 1.807) is 0 Å². The van der Waals surface area contributed by atoms with Crippen LogP contribution in [0.5, 0.6) is 5.75 Å². The third kappa shape index (κ3) is 6.93. The zero-order valence-corrected chi connectivity index (χ0v) is 18.3. The molecule has 10 heteroatoms. The highest BCUT2D eigenvalue weighted by molar-refractivity contribution is 7.89. The summed E-state index contributed by atoms with van der Waals surface area (Å²) in [4.78, 5) is 10.7. The molecule has 0 aliphatic rings. The fourth-order valence-corrected chi connectivity index (χ4v) is 4.73. The minimum atomic E-state index is -4.10. The van der Waals surface area contributed by atoms with E-state index in [2.05, 4.69) is 0 Å². The largest absolute Gasteiger partial charge is 0.506 e. The highest BCUT2D eigenvalue weighted by Crippen LogP contribution is 2.28. The van der Waals surface area contributed by atoms with E-state index < -0.39 is 34.0 Å². The molecule has 170 valence electrons. The van der Waals surface area contributed by atoms with Gasteiger partial charge >= 0.3 is 6.09 Å². The van der Waals surface area contributed by atoms with Crippen molar-refractivity contribution < 1.29 is 28.5 Å². The van der Waals surface area contributed by atoms with Crippen LogP contribution in [0.25, 0.3) is 0 Å². The van der Waals surface area contributed by atoms with E-state index in [0.717, 1.165) is 22.0 Å². The predicted octanol–water partition coefficient (Wildman–Crippen LogP) is 2.06. The molecule has 0 bridgehead atoms. The molecular weight excluding hydrogens is 422 g/mol. The average molecular weight is 452 g/mol. The number of hydrogen-bond acceptors (Lipinski definition) is 6. The number of benzene rings is 2. The Morgan fingerprint density at radius 2 is 1.77 bits per heavy atom. The molecule has 2 rings (SSSR count). The summed E-state index contributed by atoms with van der Waals surface area (Å²) in [5.74, 6) is -0.442. The third-order valence-electron chi connectivity index (χ3n) is 4.62. The number of hydrogen-bond donors (Lipinski definition) is 5. The smallest absolute Gasteiger partial charge is 0.409 e. The molecule has 0 saturated carbocycles. The van der Waals surface area contributed by atoms with E-state index in [1.165, 1.54) is 6.07 Å². The van der Waals surface area contributed by atoms with Crippen molar-refractivity contribution in [1.82, 2.24) is 4.31 Å².